The number of anilines is 3. The van der Waals surface area contributed by atoms with E-state index >= 15 is 0 Å². The lowest BCUT2D eigenvalue weighted by Crippen LogP contribution is -2.26. The van der Waals surface area contributed by atoms with Crippen molar-refractivity contribution in [2.75, 3.05) is 4.90 Å². The Morgan fingerprint density at radius 1 is 0.610 bits per heavy atom. The molecule has 0 saturated carbocycles. The van der Waals surface area contributed by atoms with Gasteiger partial charge in [-0.1, -0.05) is 105 Å². The summed E-state index contributed by atoms with van der Waals surface area (Å²) in [6.07, 6.45) is 0. The molecule has 7 rings (SSSR count). The summed E-state index contributed by atoms with van der Waals surface area (Å²) in [5.74, 6) is 0. The Balaban J connectivity index is 1.65. The van der Waals surface area contributed by atoms with Crippen molar-refractivity contribution in [2.45, 2.75) is 40.0 Å². The smallest absolute Gasteiger partial charge is 0.117 e. The molecule has 2 heterocycles. The van der Waals surface area contributed by atoms with E-state index in [0.717, 1.165) is 28.1 Å². The van der Waals surface area contributed by atoms with Gasteiger partial charge in [-0.15, -0.1) is 11.3 Å². The SMILES string of the molecule is [B]c1c2cc(C)cc1N(c1ccccc1C(C)(C)C)c1ccccc1-c1c-2cccc1-c1c(C)sc2ccccc12. The molecule has 41 heavy (non-hydrogen) atoms. The molecule has 6 aromatic rings. The Morgan fingerprint density at radius 2 is 1.27 bits per heavy atom. The molecule has 0 amide bonds. The van der Waals surface area contributed by atoms with Gasteiger partial charge in [0.15, 0.2) is 0 Å². The maximum absolute atomic E-state index is 7.19. The largest absolute Gasteiger partial charge is 0.310 e. The first-order valence-corrected chi connectivity index (χ1v) is 15.1. The second kappa shape index (κ2) is 9.50. The van der Waals surface area contributed by atoms with Gasteiger partial charge in [0.1, 0.15) is 7.85 Å². The third kappa shape index (κ3) is 4.06. The molecule has 0 spiro atoms. The van der Waals surface area contributed by atoms with Gasteiger partial charge in [0.2, 0.25) is 0 Å². The summed E-state index contributed by atoms with van der Waals surface area (Å²) in [7, 11) is 7.19. The summed E-state index contributed by atoms with van der Waals surface area (Å²) in [6.45, 7) is 11.3. The molecule has 0 N–H and O–H groups in total. The van der Waals surface area contributed by atoms with Crippen LogP contribution in [-0.4, -0.2) is 7.85 Å². The fourth-order valence-corrected chi connectivity index (χ4v) is 7.61. The molecule has 0 atom stereocenters. The molecule has 1 nitrogen and oxygen atoms in total. The molecule has 2 bridgehead atoms. The van der Waals surface area contributed by atoms with Gasteiger partial charge in [-0.2, -0.15) is 0 Å². The lowest BCUT2D eigenvalue weighted by Gasteiger charge is -2.37. The van der Waals surface area contributed by atoms with Crippen LogP contribution >= 0.6 is 11.3 Å². The van der Waals surface area contributed by atoms with Gasteiger partial charge in [0.05, 0.1) is 5.69 Å². The fourth-order valence-electron chi connectivity index (χ4n) is 6.54. The third-order valence-corrected chi connectivity index (χ3v) is 9.39. The van der Waals surface area contributed by atoms with Crippen LogP contribution in [0.2, 0.25) is 0 Å². The van der Waals surface area contributed by atoms with Crippen LogP contribution in [0.15, 0.2) is 103 Å². The molecule has 1 aromatic heterocycles. The lowest BCUT2D eigenvalue weighted by atomic mass is 9.77. The van der Waals surface area contributed by atoms with Gasteiger partial charge >= 0.3 is 0 Å². The summed E-state index contributed by atoms with van der Waals surface area (Å²) in [5.41, 5.74) is 13.8. The maximum Gasteiger partial charge on any atom is 0.117 e. The van der Waals surface area contributed by atoms with Crippen molar-refractivity contribution in [3.05, 3.63) is 119 Å². The van der Waals surface area contributed by atoms with Crippen molar-refractivity contribution in [1.82, 2.24) is 0 Å². The van der Waals surface area contributed by atoms with Crippen LogP contribution in [0.1, 0.15) is 36.8 Å². The zero-order valence-electron chi connectivity index (χ0n) is 24.2. The highest BCUT2D eigenvalue weighted by Crippen LogP contribution is 2.52. The normalized spacial score (nSPS) is 12.6. The topological polar surface area (TPSA) is 3.24 Å². The van der Waals surface area contributed by atoms with Gasteiger partial charge in [0, 0.05) is 37.5 Å². The Morgan fingerprint density at radius 3 is 2.07 bits per heavy atom. The van der Waals surface area contributed by atoms with Gasteiger partial charge < -0.3 is 4.90 Å². The highest BCUT2D eigenvalue weighted by Gasteiger charge is 2.30. The molecule has 0 saturated heterocycles. The van der Waals surface area contributed by atoms with Crippen LogP contribution in [0.4, 0.5) is 17.1 Å². The van der Waals surface area contributed by atoms with Crippen molar-refractivity contribution in [3.63, 3.8) is 0 Å². The van der Waals surface area contributed by atoms with Crippen LogP contribution in [-0.2, 0) is 5.41 Å². The number of para-hydroxylation sites is 2. The van der Waals surface area contributed by atoms with E-state index in [9.17, 15) is 0 Å². The monoisotopic (exact) mass is 545 g/mol. The number of benzene rings is 5. The Labute approximate surface area is 248 Å². The number of aryl methyl sites for hydroxylation is 2. The van der Waals surface area contributed by atoms with Gasteiger partial charge in [0.25, 0.3) is 0 Å². The maximum atomic E-state index is 7.19. The Hall–Kier alpha value is -4.08. The van der Waals surface area contributed by atoms with Gasteiger partial charge in [-0.25, -0.2) is 0 Å². The molecule has 1 aliphatic rings. The summed E-state index contributed by atoms with van der Waals surface area (Å²) in [6, 6.07) is 37.6. The van der Waals surface area contributed by atoms with Crippen molar-refractivity contribution in [1.29, 1.82) is 0 Å². The van der Waals surface area contributed by atoms with Crippen molar-refractivity contribution < 1.29 is 0 Å². The van der Waals surface area contributed by atoms with Crippen molar-refractivity contribution in [2.24, 2.45) is 0 Å². The third-order valence-electron chi connectivity index (χ3n) is 8.31. The zero-order valence-corrected chi connectivity index (χ0v) is 25.1. The average molecular weight is 546 g/mol. The summed E-state index contributed by atoms with van der Waals surface area (Å²) < 4.78 is 1.31. The van der Waals surface area contributed by atoms with E-state index in [1.165, 1.54) is 53.9 Å². The van der Waals surface area contributed by atoms with Gasteiger partial charge in [-0.05, 0) is 76.9 Å². The minimum absolute atomic E-state index is 0.0505. The van der Waals surface area contributed by atoms with Gasteiger partial charge in [-0.3, -0.25) is 0 Å². The second-order valence-electron chi connectivity index (χ2n) is 12.1. The summed E-state index contributed by atoms with van der Waals surface area (Å²) in [5, 5.41) is 1.30. The minimum atomic E-state index is -0.0505. The Bertz CT molecular complexity index is 1970. The molecule has 3 heteroatoms. The number of hydrogen-bond acceptors (Lipinski definition) is 2. The zero-order chi connectivity index (χ0) is 28.5. The van der Waals surface area contributed by atoms with E-state index in [0.29, 0.717) is 0 Å². The summed E-state index contributed by atoms with van der Waals surface area (Å²) in [4.78, 5) is 3.73. The second-order valence-corrected chi connectivity index (χ2v) is 13.4. The molecular weight excluding hydrogens is 513 g/mol. The molecule has 0 aliphatic carbocycles. The number of hydrogen-bond donors (Lipinski definition) is 0. The molecule has 0 unspecified atom stereocenters. The average Bonchev–Trinajstić information content (AvgIpc) is 3.29. The van der Waals surface area contributed by atoms with Crippen LogP contribution in [0.3, 0.4) is 0 Å². The number of fused-ring (bicyclic) bond motifs is 7. The van der Waals surface area contributed by atoms with Crippen molar-refractivity contribution >= 4 is 51.8 Å². The predicted molar refractivity (Wildman–Crippen MR) is 180 cm³/mol. The number of nitrogens with zero attached hydrogens (tertiary/aromatic N) is 1. The van der Waals surface area contributed by atoms with E-state index in [-0.39, 0.29) is 5.41 Å². The number of rotatable bonds is 2. The first kappa shape index (κ1) is 25.9. The standard InChI is InChI=1S/C38H32BNS/c1-23-21-29-25-15-12-16-28(35-24(2)41-34-20-11-7-14-27(34)35)36(25)26-13-6-9-18-31(26)40(33(22-23)37(29)39)32-19-10-8-17-30(32)38(3,4)5/h6-22H,1-5H3. The first-order valence-electron chi connectivity index (χ1n) is 14.2. The molecular formula is C38H32BNS. The minimum Gasteiger partial charge on any atom is -0.310 e. The molecule has 5 aromatic carbocycles. The highest BCUT2D eigenvalue weighted by molar-refractivity contribution is 7.19. The van der Waals surface area contributed by atoms with Crippen LogP contribution in [0.25, 0.3) is 43.5 Å². The molecule has 1 aliphatic heterocycles. The summed E-state index contributed by atoms with van der Waals surface area (Å²) >= 11 is 1.87. The fraction of sp³-hybridized carbons (Fsp3) is 0.158. The molecule has 198 valence electrons. The van der Waals surface area contributed by atoms with E-state index < -0.39 is 0 Å². The van der Waals surface area contributed by atoms with E-state index in [2.05, 4.69) is 143 Å². The van der Waals surface area contributed by atoms with Crippen LogP contribution in [0.5, 0.6) is 0 Å². The van der Waals surface area contributed by atoms with Crippen LogP contribution in [0, 0.1) is 13.8 Å². The van der Waals surface area contributed by atoms with Crippen LogP contribution < -0.4 is 10.4 Å². The Kier molecular flexibility index (Phi) is 5.99. The van der Waals surface area contributed by atoms with E-state index in [4.69, 9.17) is 7.85 Å². The number of thiophene rings is 1. The lowest BCUT2D eigenvalue weighted by molar-refractivity contribution is 0.591. The van der Waals surface area contributed by atoms with Crippen molar-refractivity contribution in [3.8, 4) is 33.4 Å². The predicted octanol–water partition coefficient (Wildman–Crippen LogP) is 10.4. The molecule has 0 fully saturated rings. The first-order chi connectivity index (χ1) is 19.7. The molecule has 2 radical (unpaired) electrons. The van der Waals surface area contributed by atoms with E-state index in [1.54, 1.807) is 0 Å². The van der Waals surface area contributed by atoms with E-state index in [1.807, 2.05) is 11.3 Å². The highest BCUT2D eigenvalue weighted by atomic mass is 32.1. The quantitative estimate of drug-likeness (QED) is 0.195.